The van der Waals surface area contributed by atoms with Crippen LogP contribution in [0.4, 0.5) is 0 Å². The average Bonchev–Trinajstić information content (AvgIpc) is 3.15. The molecule has 1 saturated carbocycles. The quantitative estimate of drug-likeness (QED) is 0.840. The van der Waals surface area contributed by atoms with E-state index in [1.54, 1.807) is 0 Å². The monoisotopic (exact) mass is 217 g/mol. The van der Waals surface area contributed by atoms with Crippen LogP contribution in [-0.4, -0.2) is 19.2 Å². The highest BCUT2D eigenvalue weighted by molar-refractivity contribution is 5.31. The molecule has 2 heteroatoms. The summed E-state index contributed by atoms with van der Waals surface area (Å²) in [6, 6.07) is 8.71. The lowest BCUT2D eigenvalue weighted by Gasteiger charge is -2.23. The molecule has 1 N–H and O–H groups in total. The fourth-order valence-corrected chi connectivity index (χ4v) is 2.38. The van der Waals surface area contributed by atoms with Crippen LogP contribution in [0.3, 0.4) is 0 Å². The van der Waals surface area contributed by atoms with E-state index in [1.807, 2.05) is 0 Å². The molecule has 0 radical (unpaired) electrons. The molecule has 1 heterocycles. The van der Waals surface area contributed by atoms with Gasteiger partial charge in [0, 0.05) is 0 Å². The largest absolute Gasteiger partial charge is 0.490 e. The van der Waals surface area contributed by atoms with Gasteiger partial charge in [0.2, 0.25) is 0 Å². The SMILES string of the molecule is c1cc(OC2CC2)cc(C2CCNCC2)c1. The molecule has 16 heavy (non-hydrogen) atoms. The molecule has 0 unspecified atom stereocenters. The van der Waals surface area contributed by atoms with E-state index in [-0.39, 0.29) is 0 Å². The summed E-state index contributed by atoms with van der Waals surface area (Å²) in [5, 5.41) is 3.41. The number of hydrogen-bond donors (Lipinski definition) is 1. The van der Waals surface area contributed by atoms with E-state index in [0.717, 1.165) is 24.8 Å². The Hall–Kier alpha value is -1.02. The van der Waals surface area contributed by atoms with Crippen LogP contribution in [-0.2, 0) is 0 Å². The lowest BCUT2D eigenvalue weighted by molar-refractivity contribution is 0.302. The van der Waals surface area contributed by atoms with Gasteiger partial charge in [0.1, 0.15) is 5.75 Å². The van der Waals surface area contributed by atoms with Crippen molar-refractivity contribution in [3.05, 3.63) is 29.8 Å². The summed E-state index contributed by atoms with van der Waals surface area (Å²) in [7, 11) is 0. The van der Waals surface area contributed by atoms with Crippen molar-refractivity contribution in [2.24, 2.45) is 0 Å². The molecule has 2 nitrogen and oxygen atoms in total. The zero-order valence-corrected chi connectivity index (χ0v) is 9.61. The summed E-state index contributed by atoms with van der Waals surface area (Å²) in [5.74, 6) is 1.79. The van der Waals surface area contributed by atoms with Crippen molar-refractivity contribution in [1.29, 1.82) is 0 Å². The Bertz CT molecular complexity index is 354. The summed E-state index contributed by atoms with van der Waals surface area (Å²) >= 11 is 0. The van der Waals surface area contributed by atoms with Crippen molar-refractivity contribution in [2.75, 3.05) is 13.1 Å². The average molecular weight is 217 g/mol. The lowest BCUT2D eigenvalue weighted by Crippen LogP contribution is -2.26. The Labute approximate surface area is 97.0 Å². The normalized spacial score (nSPS) is 22.0. The highest BCUT2D eigenvalue weighted by Crippen LogP contribution is 2.31. The van der Waals surface area contributed by atoms with Gasteiger partial charge in [0.25, 0.3) is 0 Å². The first-order valence-electron chi connectivity index (χ1n) is 6.39. The van der Waals surface area contributed by atoms with Crippen molar-refractivity contribution in [3.63, 3.8) is 0 Å². The summed E-state index contributed by atoms with van der Waals surface area (Å²) in [6.45, 7) is 2.30. The molecule has 2 fully saturated rings. The maximum atomic E-state index is 5.84. The van der Waals surface area contributed by atoms with Gasteiger partial charge in [-0.3, -0.25) is 0 Å². The van der Waals surface area contributed by atoms with E-state index < -0.39 is 0 Å². The number of nitrogens with one attached hydrogen (secondary N) is 1. The van der Waals surface area contributed by atoms with Crippen molar-refractivity contribution in [2.45, 2.75) is 37.7 Å². The third-order valence-electron chi connectivity index (χ3n) is 3.50. The number of piperidine rings is 1. The van der Waals surface area contributed by atoms with Crippen molar-refractivity contribution in [3.8, 4) is 5.75 Å². The fraction of sp³-hybridized carbons (Fsp3) is 0.571. The van der Waals surface area contributed by atoms with Crippen LogP contribution in [0.1, 0.15) is 37.2 Å². The molecule has 2 aliphatic rings. The molecule has 0 bridgehead atoms. The standard InChI is InChI=1S/C14H19NO/c1-2-12(11-6-8-15-9-7-11)10-14(3-1)16-13-4-5-13/h1-3,10-11,13,15H,4-9H2. The van der Waals surface area contributed by atoms with E-state index in [1.165, 1.54) is 31.2 Å². The Morgan fingerprint density at radius 1 is 1.06 bits per heavy atom. The summed E-state index contributed by atoms with van der Waals surface area (Å²) < 4.78 is 5.84. The first-order valence-corrected chi connectivity index (χ1v) is 6.39. The second-order valence-electron chi connectivity index (χ2n) is 4.91. The highest BCUT2D eigenvalue weighted by Gasteiger charge is 2.24. The number of ether oxygens (including phenoxy) is 1. The third kappa shape index (κ3) is 2.38. The molecule has 0 atom stereocenters. The molecule has 1 aliphatic heterocycles. The summed E-state index contributed by atoms with van der Waals surface area (Å²) in [4.78, 5) is 0. The van der Waals surface area contributed by atoms with Crippen LogP contribution in [0, 0.1) is 0 Å². The fourth-order valence-electron chi connectivity index (χ4n) is 2.38. The first kappa shape index (κ1) is 10.2. The molecule has 86 valence electrons. The predicted octanol–water partition coefficient (Wildman–Crippen LogP) is 2.69. The van der Waals surface area contributed by atoms with E-state index >= 15 is 0 Å². The number of benzene rings is 1. The van der Waals surface area contributed by atoms with Crippen LogP contribution < -0.4 is 10.1 Å². The maximum Gasteiger partial charge on any atom is 0.119 e. The highest BCUT2D eigenvalue weighted by atomic mass is 16.5. The van der Waals surface area contributed by atoms with Crippen LogP contribution in [0.15, 0.2) is 24.3 Å². The Morgan fingerprint density at radius 2 is 1.88 bits per heavy atom. The molecule has 0 aromatic heterocycles. The minimum Gasteiger partial charge on any atom is -0.490 e. The maximum absolute atomic E-state index is 5.84. The van der Waals surface area contributed by atoms with Crippen LogP contribution in [0.2, 0.25) is 0 Å². The molecule has 0 spiro atoms. The van der Waals surface area contributed by atoms with Gasteiger partial charge < -0.3 is 10.1 Å². The minimum absolute atomic E-state index is 0.503. The second-order valence-corrected chi connectivity index (χ2v) is 4.91. The van der Waals surface area contributed by atoms with Gasteiger partial charge in [-0.15, -0.1) is 0 Å². The molecule has 1 aromatic carbocycles. The molecule has 1 aromatic rings. The lowest BCUT2D eigenvalue weighted by atomic mass is 9.90. The van der Waals surface area contributed by atoms with Gasteiger partial charge in [0.05, 0.1) is 6.10 Å². The summed E-state index contributed by atoms with van der Waals surface area (Å²) in [6.07, 6.45) is 5.48. The van der Waals surface area contributed by atoms with Crippen molar-refractivity contribution >= 4 is 0 Å². The number of hydrogen-bond acceptors (Lipinski definition) is 2. The Morgan fingerprint density at radius 3 is 2.62 bits per heavy atom. The predicted molar refractivity (Wildman–Crippen MR) is 64.9 cm³/mol. The van der Waals surface area contributed by atoms with Crippen molar-refractivity contribution in [1.82, 2.24) is 5.32 Å². The second kappa shape index (κ2) is 4.46. The van der Waals surface area contributed by atoms with Crippen LogP contribution in [0.5, 0.6) is 5.75 Å². The molecular formula is C14H19NO. The van der Waals surface area contributed by atoms with E-state index in [2.05, 4.69) is 29.6 Å². The molecule has 1 saturated heterocycles. The van der Waals surface area contributed by atoms with Crippen LogP contribution in [0.25, 0.3) is 0 Å². The van der Waals surface area contributed by atoms with E-state index in [0.29, 0.717) is 6.10 Å². The smallest absolute Gasteiger partial charge is 0.119 e. The summed E-state index contributed by atoms with van der Waals surface area (Å²) in [5.41, 5.74) is 1.46. The van der Waals surface area contributed by atoms with Crippen LogP contribution >= 0.6 is 0 Å². The van der Waals surface area contributed by atoms with E-state index in [9.17, 15) is 0 Å². The zero-order valence-electron chi connectivity index (χ0n) is 9.61. The van der Waals surface area contributed by atoms with Gasteiger partial charge in [-0.05, 0) is 62.4 Å². The van der Waals surface area contributed by atoms with Gasteiger partial charge in [-0.1, -0.05) is 12.1 Å². The van der Waals surface area contributed by atoms with Gasteiger partial charge >= 0.3 is 0 Å². The molecule has 1 aliphatic carbocycles. The minimum atomic E-state index is 0.503. The molecule has 3 rings (SSSR count). The number of rotatable bonds is 3. The van der Waals surface area contributed by atoms with Gasteiger partial charge in [-0.2, -0.15) is 0 Å². The zero-order chi connectivity index (χ0) is 10.8. The first-order chi connectivity index (χ1) is 7.92. The Balaban J connectivity index is 1.72. The van der Waals surface area contributed by atoms with Gasteiger partial charge in [0.15, 0.2) is 0 Å². The molecule has 0 amide bonds. The van der Waals surface area contributed by atoms with Crippen molar-refractivity contribution < 1.29 is 4.74 Å². The van der Waals surface area contributed by atoms with E-state index in [4.69, 9.17) is 4.74 Å². The van der Waals surface area contributed by atoms with Gasteiger partial charge in [-0.25, -0.2) is 0 Å². The topological polar surface area (TPSA) is 21.3 Å². The third-order valence-corrected chi connectivity index (χ3v) is 3.50. The Kier molecular flexibility index (Phi) is 2.83. The molecular weight excluding hydrogens is 198 g/mol.